The first-order valence-electron chi connectivity index (χ1n) is 16.2. The highest BCUT2D eigenvalue weighted by molar-refractivity contribution is 6.99. The summed E-state index contributed by atoms with van der Waals surface area (Å²) in [6.07, 6.45) is 4.95. The summed E-state index contributed by atoms with van der Waals surface area (Å²) in [5.74, 6) is 0.960. The minimum absolute atomic E-state index is 0.0143. The van der Waals surface area contributed by atoms with Gasteiger partial charge in [-0.15, -0.1) is 0 Å². The van der Waals surface area contributed by atoms with Crippen LogP contribution in [0.4, 0.5) is 0 Å². The zero-order chi connectivity index (χ0) is 31.1. The van der Waals surface area contributed by atoms with Crippen molar-refractivity contribution in [1.29, 1.82) is 0 Å². The number of allylic oxidation sites excluding steroid dienone is 1. The van der Waals surface area contributed by atoms with Crippen LogP contribution in [0.15, 0.2) is 72.5 Å². The molecule has 1 aliphatic heterocycles. The third kappa shape index (κ3) is 7.86. The Morgan fingerprint density at radius 3 is 1.76 bits per heavy atom. The number of benzene rings is 2. The second kappa shape index (κ2) is 14.8. The van der Waals surface area contributed by atoms with Gasteiger partial charge in [0.15, 0.2) is 0 Å². The maximum absolute atomic E-state index is 10.0. The summed E-state index contributed by atoms with van der Waals surface area (Å²) in [4.78, 5) is 0. The highest BCUT2D eigenvalue weighted by Crippen LogP contribution is 2.44. The van der Waals surface area contributed by atoms with Gasteiger partial charge in [-0.05, 0) is 51.5 Å². The summed E-state index contributed by atoms with van der Waals surface area (Å²) in [6, 6.07) is 21.7. The molecule has 3 atom stereocenters. The highest BCUT2D eigenvalue weighted by atomic mass is 28.4. The van der Waals surface area contributed by atoms with E-state index < -0.39 is 16.6 Å². The Balaban J connectivity index is 1.89. The number of aliphatic hydroxyl groups excluding tert-OH is 1. The van der Waals surface area contributed by atoms with Gasteiger partial charge in [0.1, 0.15) is 6.10 Å². The Labute approximate surface area is 259 Å². The van der Waals surface area contributed by atoms with E-state index in [1.54, 1.807) is 0 Å². The van der Waals surface area contributed by atoms with Crippen LogP contribution in [0.3, 0.4) is 0 Å². The molecule has 6 heteroatoms. The number of hydrogen-bond acceptors (Lipinski definition) is 4. The van der Waals surface area contributed by atoms with Crippen molar-refractivity contribution in [3.05, 3.63) is 72.5 Å². The summed E-state index contributed by atoms with van der Waals surface area (Å²) in [5, 5.41) is 12.6. The molecule has 0 aliphatic carbocycles. The average Bonchev–Trinajstić information content (AvgIpc) is 2.92. The molecule has 1 heterocycles. The van der Waals surface area contributed by atoms with Crippen LogP contribution in [-0.4, -0.2) is 46.7 Å². The molecule has 3 rings (SSSR count). The van der Waals surface area contributed by atoms with Crippen LogP contribution >= 0.6 is 0 Å². The van der Waals surface area contributed by atoms with Gasteiger partial charge in [-0.25, -0.2) is 0 Å². The van der Waals surface area contributed by atoms with E-state index in [0.717, 1.165) is 25.0 Å². The molecule has 0 saturated heterocycles. The molecule has 0 amide bonds. The minimum Gasteiger partial charge on any atom is -0.495 e. The van der Waals surface area contributed by atoms with Crippen LogP contribution in [0.2, 0.25) is 21.7 Å². The maximum atomic E-state index is 10.0. The van der Waals surface area contributed by atoms with Crippen molar-refractivity contribution in [2.24, 2.45) is 0 Å². The van der Waals surface area contributed by atoms with Crippen LogP contribution in [0, 0.1) is 0 Å². The molecule has 42 heavy (non-hydrogen) atoms. The fourth-order valence-corrected chi connectivity index (χ4v) is 17.4. The van der Waals surface area contributed by atoms with E-state index in [2.05, 4.69) is 129 Å². The lowest BCUT2D eigenvalue weighted by Crippen LogP contribution is -2.66. The van der Waals surface area contributed by atoms with Crippen molar-refractivity contribution >= 4 is 27.0 Å². The number of ether oxygens (including phenoxy) is 1. The third-order valence-electron chi connectivity index (χ3n) is 9.23. The summed E-state index contributed by atoms with van der Waals surface area (Å²) < 4.78 is 21.1. The molecule has 0 spiro atoms. The van der Waals surface area contributed by atoms with Crippen molar-refractivity contribution in [1.82, 2.24) is 0 Å². The first-order valence-corrected chi connectivity index (χ1v) is 20.3. The molecule has 0 aromatic heterocycles. The Bertz CT molecular complexity index is 1040. The van der Waals surface area contributed by atoms with Gasteiger partial charge in [0.2, 0.25) is 8.32 Å². The molecule has 2 aromatic rings. The van der Waals surface area contributed by atoms with Gasteiger partial charge in [0, 0.05) is 25.9 Å². The van der Waals surface area contributed by atoms with Gasteiger partial charge in [-0.3, -0.25) is 0 Å². The molecule has 0 radical (unpaired) electrons. The lowest BCUT2D eigenvalue weighted by atomic mass is 10.0. The van der Waals surface area contributed by atoms with E-state index in [9.17, 15) is 5.11 Å². The van der Waals surface area contributed by atoms with E-state index >= 15 is 0 Å². The van der Waals surface area contributed by atoms with Gasteiger partial charge < -0.3 is 18.7 Å². The summed E-state index contributed by atoms with van der Waals surface area (Å²) in [6.45, 7) is 23.5. The summed E-state index contributed by atoms with van der Waals surface area (Å²) in [7, 11) is -4.68. The Morgan fingerprint density at radius 1 is 0.833 bits per heavy atom. The van der Waals surface area contributed by atoms with E-state index in [1.807, 2.05) is 6.92 Å². The Morgan fingerprint density at radius 2 is 1.33 bits per heavy atom. The molecule has 234 valence electrons. The third-order valence-corrected chi connectivity index (χ3v) is 20.4. The fourth-order valence-electron chi connectivity index (χ4n) is 7.36. The van der Waals surface area contributed by atoms with Crippen molar-refractivity contribution in [2.75, 3.05) is 6.61 Å². The lowest BCUT2D eigenvalue weighted by Gasteiger charge is -2.46. The number of rotatable bonds is 14. The van der Waals surface area contributed by atoms with Crippen LogP contribution in [0.1, 0.15) is 94.9 Å². The van der Waals surface area contributed by atoms with Crippen molar-refractivity contribution < 1.29 is 18.7 Å². The van der Waals surface area contributed by atoms with Crippen LogP contribution < -0.4 is 10.4 Å². The van der Waals surface area contributed by atoms with E-state index in [-0.39, 0.29) is 23.4 Å². The predicted molar refractivity (Wildman–Crippen MR) is 183 cm³/mol. The van der Waals surface area contributed by atoms with Crippen LogP contribution in [0.5, 0.6) is 0 Å². The molecule has 1 aliphatic rings. The van der Waals surface area contributed by atoms with Gasteiger partial charge in [0.05, 0.1) is 18.0 Å². The lowest BCUT2D eigenvalue weighted by molar-refractivity contribution is 0.0258. The first kappa shape index (κ1) is 34.8. The zero-order valence-electron chi connectivity index (χ0n) is 28.0. The molecular formula is C36H58O4Si2. The van der Waals surface area contributed by atoms with Crippen molar-refractivity contribution in [3.63, 3.8) is 0 Å². The second-order valence-electron chi connectivity index (χ2n) is 14.3. The number of hydrogen-bond donors (Lipinski definition) is 1. The minimum atomic E-state index is -2.61. The molecule has 0 saturated carbocycles. The highest BCUT2D eigenvalue weighted by Gasteiger charge is 2.50. The second-order valence-corrected chi connectivity index (χ2v) is 24.0. The van der Waals surface area contributed by atoms with E-state index in [1.165, 1.54) is 10.4 Å². The standard InChI is InChI=1S/C36H58O4Si2/c1-27(2)41(28(3)4,29(5)6)40-33-25-31(22-21-30(7)37)39-32(26-33)23-24-38-42(36(8,9)10,34-17-13-11-14-18-34)35-19-15-12-16-20-35/h11-20,25,27-30,32-33,37H,21-24,26H2,1-10H3/t30-,32+,33+/m1/s1. The van der Waals surface area contributed by atoms with Crippen LogP contribution in [-0.2, 0) is 13.6 Å². The Hall–Kier alpha value is -1.71. The monoisotopic (exact) mass is 610 g/mol. The molecule has 4 nitrogen and oxygen atoms in total. The normalized spacial score (nSPS) is 19.2. The topological polar surface area (TPSA) is 47.9 Å². The average molecular weight is 611 g/mol. The molecule has 0 bridgehead atoms. The quantitative estimate of drug-likeness (QED) is 0.218. The van der Waals surface area contributed by atoms with Gasteiger partial charge in [-0.1, -0.05) is 123 Å². The molecule has 2 aromatic carbocycles. The smallest absolute Gasteiger partial charge is 0.261 e. The molecule has 1 N–H and O–H groups in total. The summed E-state index contributed by atoms with van der Waals surface area (Å²) in [5.41, 5.74) is 1.56. The largest absolute Gasteiger partial charge is 0.495 e. The van der Waals surface area contributed by atoms with Gasteiger partial charge in [0.25, 0.3) is 8.32 Å². The first-order chi connectivity index (χ1) is 19.7. The summed E-state index contributed by atoms with van der Waals surface area (Å²) >= 11 is 0. The van der Waals surface area contributed by atoms with Crippen molar-refractivity contribution in [3.8, 4) is 0 Å². The van der Waals surface area contributed by atoms with Gasteiger partial charge in [-0.2, -0.15) is 0 Å². The molecule has 0 fully saturated rings. The Kier molecular flexibility index (Phi) is 12.3. The fraction of sp³-hybridized carbons (Fsp3) is 0.611. The SMILES string of the molecule is CC(C)[Si](O[C@H]1C=C(CC[C@@H](C)O)O[C@@H](CCO[Si](c2ccccc2)(c2ccccc2)C(C)(C)C)C1)(C(C)C)C(C)C. The molecule has 0 unspecified atom stereocenters. The van der Waals surface area contributed by atoms with E-state index in [0.29, 0.717) is 29.7 Å². The molecular weight excluding hydrogens is 553 g/mol. The van der Waals surface area contributed by atoms with Gasteiger partial charge >= 0.3 is 0 Å². The van der Waals surface area contributed by atoms with Crippen molar-refractivity contribution in [2.45, 2.75) is 135 Å². The number of aliphatic hydroxyl groups is 1. The zero-order valence-corrected chi connectivity index (χ0v) is 30.0. The van der Waals surface area contributed by atoms with Crippen LogP contribution in [0.25, 0.3) is 0 Å². The maximum Gasteiger partial charge on any atom is 0.261 e. The predicted octanol–water partition coefficient (Wildman–Crippen LogP) is 8.35. The van der Waals surface area contributed by atoms with E-state index in [4.69, 9.17) is 13.6 Å².